The lowest BCUT2D eigenvalue weighted by Gasteiger charge is -2.33. The van der Waals surface area contributed by atoms with Crippen LogP contribution in [0.25, 0.3) is 0 Å². The van der Waals surface area contributed by atoms with Gasteiger partial charge in [-0.3, -0.25) is 9.52 Å². The van der Waals surface area contributed by atoms with Gasteiger partial charge in [-0.1, -0.05) is 30.3 Å². The van der Waals surface area contributed by atoms with Gasteiger partial charge in [0.1, 0.15) is 12.6 Å². The van der Waals surface area contributed by atoms with Gasteiger partial charge in [0.15, 0.2) is 11.5 Å². The molecule has 1 saturated heterocycles. The monoisotopic (exact) mass is 464 g/mol. The molecular formula is C22H28N2O7S. The van der Waals surface area contributed by atoms with E-state index in [1.165, 1.54) is 33.5 Å². The van der Waals surface area contributed by atoms with Crippen LogP contribution in [0.2, 0.25) is 0 Å². The number of hydrogen-bond donors (Lipinski definition) is 1. The third-order valence-electron chi connectivity index (χ3n) is 5.17. The van der Waals surface area contributed by atoms with Crippen molar-refractivity contribution in [3.05, 3.63) is 48.0 Å². The Morgan fingerprint density at radius 1 is 1.03 bits per heavy atom. The molecule has 0 amide bonds. The number of nitrogens with zero attached hydrogens (tertiary/aromatic N) is 1. The molecule has 0 spiro atoms. The fourth-order valence-corrected chi connectivity index (χ4v) is 5.03. The summed E-state index contributed by atoms with van der Waals surface area (Å²) in [6.07, 6.45) is 1.78. The zero-order valence-corrected chi connectivity index (χ0v) is 19.2. The lowest BCUT2D eigenvalue weighted by Crippen LogP contribution is -2.50. The van der Waals surface area contributed by atoms with E-state index in [-0.39, 0.29) is 18.8 Å². The second-order valence-electron chi connectivity index (χ2n) is 7.24. The van der Waals surface area contributed by atoms with Gasteiger partial charge in [0.2, 0.25) is 5.75 Å². The van der Waals surface area contributed by atoms with E-state index in [1.54, 1.807) is 0 Å². The standard InChI is InChI=1S/C22H28N2O7S/c1-28-19-13-17(14-20(29-2)21(19)30-3)23-32(26,27)24-12-8-7-11-18(24)22(25)31-15-16-9-5-4-6-10-16/h4-6,9-10,13-14,18,23H,7-8,11-12,15H2,1-3H3. The minimum absolute atomic E-state index is 0.0877. The van der Waals surface area contributed by atoms with Gasteiger partial charge in [-0.25, -0.2) is 0 Å². The molecule has 174 valence electrons. The fourth-order valence-electron chi connectivity index (χ4n) is 3.60. The molecule has 1 atom stereocenters. The Morgan fingerprint density at radius 3 is 2.28 bits per heavy atom. The van der Waals surface area contributed by atoms with Crippen LogP contribution >= 0.6 is 0 Å². The van der Waals surface area contributed by atoms with Crippen molar-refractivity contribution in [3.8, 4) is 17.2 Å². The fraction of sp³-hybridized carbons (Fsp3) is 0.409. The van der Waals surface area contributed by atoms with Crippen LogP contribution in [-0.2, 0) is 26.3 Å². The first-order chi connectivity index (χ1) is 15.4. The molecular weight excluding hydrogens is 436 g/mol. The topological polar surface area (TPSA) is 103 Å². The molecule has 1 fully saturated rings. The molecule has 1 unspecified atom stereocenters. The van der Waals surface area contributed by atoms with E-state index in [2.05, 4.69) is 4.72 Å². The molecule has 1 aliphatic heterocycles. The minimum Gasteiger partial charge on any atom is -0.493 e. The van der Waals surface area contributed by atoms with Crippen LogP contribution in [0.5, 0.6) is 17.2 Å². The lowest BCUT2D eigenvalue weighted by molar-refractivity contribution is -0.150. The van der Waals surface area contributed by atoms with E-state index in [0.717, 1.165) is 16.3 Å². The summed E-state index contributed by atoms with van der Waals surface area (Å²) in [6, 6.07) is 11.3. The minimum atomic E-state index is -4.05. The van der Waals surface area contributed by atoms with Gasteiger partial charge in [0.25, 0.3) is 0 Å². The Kier molecular flexibility index (Phi) is 7.81. The molecule has 0 aliphatic carbocycles. The molecule has 0 saturated carbocycles. The molecule has 1 aliphatic rings. The zero-order chi connectivity index (χ0) is 23.1. The smallest absolute Gasteiger partial charge is 0.324 e. The number of benzene rings is 2. The number of methoxy groups -OCH3 is 3. The van der Waals surface area contributed by atoms with Gasteiger partial charge in [0.05, 0.1) is 27.0 Å². The Hall–Kier alpha value is -2.98. The van der Waals surface area contributed by atoms with Gasteiger partial charge in [-0.05, 0) is 24.8 Å². The van der Waals surface area contributed by atoms with E-state index < -0.39 is 22.2 Å². The van der Waals surface area contributed by atoms with E-state index in [1.807, 2.05) is 30.3 Å². The van der Waals surface area contributed by atoms with Crippen LogP contribution in [0, 0.1) is 0 Å². The first kappa shape index (κ1) is 23.7. The molecule has 1 N–H and O–H groups in total. The summed E-state index contributed by atoms with van der Waals surface area (Å²) < 4.78 is 51.3. The molecule has 10 heteroatoms. The van der Waals surface area contributed by atoms with Crippen molar-refractivity contribution in [1.29, 1.82) is 0 Å². The number of rotatable bonds is 9. The maximum absolute atomic E-state index is 13.2. The van der Waals surface area contributed by atoms with Crippen molar-refractivity contribution in [1.82, 2.24) is 4.31 Å². The molecule has 0 radical (unpaired) electrons. The van der Waals surface area contributed by atoms with Crippen molar-refractivity contribution in [3.63, 3.8) is 0 Å². The largest absolute Gasteiger partial charge is 0.493 e. The van der Waals surface area contributed by atoms with Crippen LogP contribution in [0.3, 0.4) is 0 Å². The van der Waals surface area contributed by atoms with Gasteiger partial charge in [-0.15, -0.1) is 0 Å². The molecule has 3 rings (SSSR count). The predicted octanol–water partition coefficient (Wildman–Crippen LogP) is 2.97. The van der Waals surface area contributed by atoms with E-state index in [4.69, 9.17) is 18.9 Å². The summed E-state index contributed by atoms with van der Waals surface area (Å²) in [5.74, 6) is 0.395. The highest BCUT2D eigenvalue weighted by atomic mass is 32.2. The predicted molar refractivity (Wildman–Crippen MR) is 119 cm³/mol. The average molecular weight is 465 g/mol. The number of piperidine rings is 1. The Bertz CT molecular complexity index is 1000. The van der Waals surface area contributed by atoms with Crippen LogP contribution in [-0.4, -0.2) is 52.6 Å². The van der Waals surface area contributed by atoms with Crippen LogP contribution in [0.1, 0.15) is 24.8 Å². The van der Waals surface area contributed by atoms with E-state index >= 15 is 0 Å². The van der Waals surface area contributed by atoms with Crippen LogP contribution < -0.4 is 18.9 Å². The molecule has 2 aromatic rings. The molecule has 9 nitrogen and oxygen atoms in total. The third kappa shape index (κ3) is 5.43. The van der Waals surface area contributed by atoms with Crippen molar-refractivity contribution in [2.45, 2.75) is 31.9 Å². The summed E-state index contributed by atoms with van der Waals surface area (Å²) in [5.41, 5.74) is 1.06. The van der Waals surface area contributed by atoms with Crippen LogP contribution in [0.4, 0.5) is 5.69 Å². The third-order valence-corrected chi connectivity index (χ3v) is 6.72. The average Bonchev–Trinajstić information content (AvgIpc) is 2.82. The molecule has 0 aromatic heterocycles. The summed E-state index contributed by atoms with van der Waals surface area (Å²) in [7, 11) is 0.296. The number of esters is 1. The summed E-state index contributed by atoms with van der Waals surface area (Å²) in [4.78, 5) is 12.8. The number of ether oxygens (including phenoxy) is 4. The number of hydrogen-bond acceptors (Lipinski definition) is 7. The Morgan fingerprint density at radius 2 is 1.69 bits per heavy atom. The highest BCUT2D eigenvalue weighted by Gasteiger charge is 2.38. The van der Waals surface area contributed by atoms with E-state index in [0.29, 0.717) is 30.1 Å². The molecule has 32 heavy (non-hydrogen) atoms. The highest BCUT2D eigenvalue weighted by molar-refractivity contribution is 7.90. The van der Waals surface area contributed by atoms with Gasteiger partial charge in [-0.2, -0.15) is 12.7 Å². The zero-order valence-electron chi connectivity index (χ0n) is 18.4. The molecule has 1 heterocycles. The maximum Gasteiger partial charge on any atom is 0.324 e. The number of anilines is 1. The Balaban J connectivity index is 1.78. The second kappa shape index (κ2) is 10.6. The quantitative estimate of drug-likeness (QED) is 0.569. The maximum atomic E-state index is 13.2. The SMILES string of the molecule is COc1cc(NS(=O)(=O)N2CCCCC2C(=O)OCc2ccccc2)cc(OC)c1OC. The van der Waals surface area contributed by atoms with Crippen molar-refractivity contribution >= 4 is 21.9 Å². The molecule has 0 bridgehead atoms. The second-order valence-corrected chi connectivity index (χ2v) is 8.86. The first-order valence-corrected chi connectivity index (χ1v) is 11.6. The summed E-state index contributed by atoms with van der Waals surface area (Å²) >= 11 is 0. The summed E-state index contributed by atoms with van der Waals surface area (Å²) in [6.45, 7) is 0.301. The van der Waals surface area contributed by atoms with Crippen LogP contribution in [0.15, 0.2) is 42.5 Å². The van der Waals surface area contributed by atoms with Crippen molar-refractivity contribution < 1.29 is 32.2 Å². The highest BCUT2D eigenvalue weighted by Crippen LogP contribution is 2.40. The number of carbonyl (C=O) groups is 1. The number of nitrogens with one attached hydrogen (secondary N) is 1. The summed E-state index contributed by atoms with van der Waals surface area (Å²) in [5, 5.41) is 0. The van der Waals surface area contributed by atoms with E-state index in [9.17, 15) is 13.2 Å². The van der Waals surface area contributed by atoms with Gasteiger partial charge >= 0.3 is 16.2 Å². The normalized spacial score (nSPS) is 16.8. The number of carbonyl (C=O) groups excluding carboxylic acids is 1. The van der Waals surface area contributed by atoms with Crippen molar-refractivity contribution in [2.24, 2.45) is 0 Å². The Labute approximate surface area is 188 Å². The van der Waals surface area contributed by atoms with Gasteiger partial charge < -0.3 is 18.9 Å². The molecule has 2 aromatic carbocycles. The lowest BCUT2D eigenvalue weighted by atomic mass is 10.1. The van der Waals surface area contributed by atoms with Crippen molar-refractivity contribution in [2.75, 3.05) is 32.6 Å². The first-order valence-electron chi connectivity index (χ1n) is 10.2. The van der Waals surface area contributed by atoms with Gasteiger partial charge in [0, 0.05) is 18.7 Å².